The number of hydrogen-bond acceptors (Lipinski definition) is 5. The lowest BCUT2D eigenvalue weighted by Gasteiger charge is -2.08. The molecule has 1 N–H and O–H groups in total. The second-order valence-corrected chi connectivity index (χ2v) is 5.24. The van der Waals surface area contributed by atoms with Gasteiger partial charge in [-0.1, -0.05) is 13.0 Å². The van der Waals surface area contributed by atoms with Crippen LogP contribution in [0.1, 0.15) is 19.2 Å². The summed E-state index contributed by atoms with van der Waals surface area (Å²) in [5.74, 6) is 0.840. The van der Waals surface area contributed by atoms with Crippen molar-refractivity contribution in [3.63, 3.8) is 0 Å². The van der Waals surface area contributed by atoms with E-state index in [9.17, 15) is 4.79 Å². The first kappa shape index (κ1) is 13.7. The topological polar surface area (TPSA) is 72.7 Å². The van der Waals surface area contributed by atoms with Gasteiger partial charge in [0.25, 0.3) is 0 Å². The number of anilines is 1. The average Bonchev–Trinajstić information content (AvgIpc) is 3.09. The minimum atomic E-state index is -0.0918. The molecule has 0 spiro atoms. The lowest BCUT2D eigenvalue weighted by atomic mass is 10.2. The van der Waals surface area contributed by atoms with E-state index >= 15 is 0 Å². The van der Waals surface area contributed by atoms with Gasteiger partial charge in [-0.15, -0.1) is 0 Å². The van der Waals surface area contributed by atoms with Crippen LogP contribution in [0.25, 0.3) is 11.0 Å². The first-order valence-electron chi connectivity index (χ1n) is 6.79. The molecule has 3 aromatic rings. The molecule has 0 saturated carbocycles. The van der Waals surface area contributed by atoms with Crippen molar-refractivity contribution in [3.8, 4) is 0 Å². The molecule has 0 atom stereocenters. The summed E-state index contributed by atoms with van der Waals surface area (Å²) in [6.45, 7) is 2.35. The van der Waals surface area contributed by atoms with Gasteiger partial charge >= 0.3 is 0 Å². The van der Waals surface area contributed by atoms with E-state index < -0.39 is 0 Å². The van der Waals surface area contributed by atoms with E-state index in [1.54, 1.807) is 6.20 Å². The van der Waals surface area contributed by atoms with Crippen LogP contribution in [0.3, 0.4) is 0 Å². The minimum Gasteiger partial charge on any atom is -0.326 e. The third-order valence-corrected chi connectivity index (χ3v) is 3.69. The number of aryl methyl sites for hydroxylation is 1. The van der Waals surface area contributed by atoms with Crippen molar-refractivity contribution in [3.05, 3.63) is 36.4 Å². The Hall–Kier alpha value is -2.28. The van der Waals surface area contributed by atoms with Crippen LogP contribution in [-0.4, -0.2) is 24.2 Å². The van der Waals surface area contributed by atoms with E-state index in [0.717, 1.165) is 41.4 Å². The predicted molar refractivity (Wildman–Crippen MR) is 82.3 cm³/mol. The Morgan fingerprint density at radius 1 is 1.38 bits per heavy atom. The Kier molecular flexibility index (Phi) is 3.92. The second-order valence-electron chi connectivity index (χ2n) is 4.71. The molecule has 7 heteroatoms. The summed E-state index contributed by atoms with van der Waals surface area (Å²) in [6, 6.07) is 5.57. The van der Waals surface area contributed by atoms with Crippen molar-refractivity contribution < 1.29 is 4.79 Å². The molecule has 3 rings (SSSR count). The Morgan fingerprint density at radius 2 is 2.29 bits per heavy atom. The standard InChI is InChI=1S/C14H15N5OS/c1-2-4-12-15-7-8-19(12)9-13(20)16-10-5-3-6-11-14(10)18-21-17-11/h3,5-8H,2,4,9H2,1H3,(H,16,20). The minimum absolute atomic E-state index is 0.0918. The molecule has 6 nitrogen and oxygen atoms in total. The molecule has 1 aromatic carbocycles. The molecule has 21 heavy (non-hydrogen) atoms. The van der Waals surface area contributed by atoms with Gasteiger partial charge in [0.1, 0.15) is 23.4 Å². The molecule has 0 aliphatic rings. The first-order valence-corrected chi connectivity index (χ1v) is 7.52. The number of fused-ring (bicyclic) bond motifs is 1. The number of rotatable bonds is 5. The zero-order valence-electron chi connectivity index (χ0n) is 11.6. The van der Waals surface area contributed by atoms with Crippen LogP contribution in [-0.2, 0) is 17.8 Å². The van der Waals surface area contributed by atoms with Gasteiger partial charge in [-0.25, -0.2) is 4.98 Å². The van der Waals surface area contributed by atoms with Crippen molar-refractivity contribution in [1.29, 1.82) is 0 Å². The fourth-order valence-corrected chi connectivity index (χ4v) is 2.74. The SMILES string of the molecule is CCCc1nccn1CC(=O)Nc1cccc2nsnc12. The van der Waals surface area contributed by atoms with Crippen LogP contribution in [0.2, 0.25) is 0 Å². The zero-order valence-corrected chi connectivity index (χ0v) is 12.4. The predicted octanol–water partition coefficient (Wildman–Crippen LogP) is 2.48. The molecule has 2 aromatic heterocycles. The zero-order chi connectivity index (χ0) is 14.7. The number of nitrogens with zero attached hydrogens (tertiary/aromatic N) is 4. The molecule has 108 valence electrons. The van der Waals surface area contributed by atoms with E-state index in [2.05, 4.69) is 26.0 Å². The summed E-state index contributed by atoms with van der Waals surface area (Å²) in [6.07, 6.45) is 5.42. The maximum absolute atomic E-state index is 12.2. The lowest BCUT2D eigenvalue weighted by Crippen LogP contribution is -2.20. The number of carbonyl (C=O) groups is 1. The quantitative estimate of drug-likeness (QED) is 0.785. The summed E-state index contributed by atoms with van der Waals surface area (Å²) >= 11 is 1.14. The van der Waals surface area contributed by atoms with Gasteiger partial charge in [0, 0.05) is 18.8 Å². The first-order chi connectivity index (χ1) is 10.3. The van der Waals surface area contributed by atoms with Crippen LogP contribution in [0.15, 0.2) is 30.6 Å². The molecule has 0 saturated heterocycles. The summed E-state index contributed by atoms with van der Waals surface area (Å²) in [5, 5.41) is 2.90. The molecule has 2 heterocycles. The monoisotopic (exact) mass is 301 g/mol. The Morgan fingerprint density at radius 3 is 3.14 bits per heavy atom. The van der Waals surface area contributed by atoms with Gasteiger partial charge in [-0.3, -0.25) is 4.79 Å². The molecule has 0 fully saturated rings. The van der Waals surface area contributed by atoms with Crippen LogP contribution < -0.4 is 5.32 Å². The highest BCUT2D eigenvalue weighted by atomic mass is 32.1. The third kappa shape index (κ3) is 2.92. The molecule has 1 amide bonds. The van der Waals surface area contributed by atoms with Gasteiger partial charge in [-0.2, -0.15) is 8.75 Å². The van der Waals surface area contributed by atoms with Gasteiger partial charge in [0.15, 0.2) is 0 Å². The molecule has 0 unspecified atom stereocenters. The van der Waals surface area contributed by atoms with Crippen LogP contribution in [0.5, 0.6) is 0 Å². The van der Waals surface area contributed by atoms with E-state index in [-0.39, 0.29) is 12.5 Å². The molecule has 0 radical (unpaired) electrons. The molecular formula is C14H15N5OS. The maximum atomic E-state index is 12.2. The summed E-state index contributed by atoms with van der Waals surface area (Å²) in [5.41, 5.74) is 2.23. The van der Waals surface area contributed by atoms with E-state index in [4.69, 9.17) is 0 Å². The Bertz CT molecular complexity index is 763. The number of nitrogens with one attached hydrogen (secondary N) is 1. The van der Waals surface area contributed by atoms with Crippen LogP contribution in [0, 0.1) is 0 Å². The van der Waals surface area contributed by atoms with Gasteiger partial charge in [0.05, 0.1) is 17.4 Å². The fraction of sp³-hybridized carbons (Fsp3) is 0.286. The summed E-state index contributed by atoms with van der Waals surface area (Å²) in [7, 11) is 0. The summed E-state index contributed by atoms with van der Waals surface area (Å²) in [4.78, 5) is 16.5. The lowest BCUT2D eigenvalue weighted by molar-refractivity contribution is -0.116. The van der Waals surface area contributed by atoms with E-state index in [0.29, 0.717) is 5.69 Å². The van der Waals surface area contributed by atoms with Gasteiger partial charge in [0.2, 0.25) is 5.91 Å². The number of imidazole rings is 1. The number of hydrogen-bond donors (Lipinski definition) is 1. The number of benzene rings is 1. The smallest absolute Gasteiger partial charge is 0.244 e. The molecular weight excluding hydrogens is 286 g/mol. The highest BCUT2D eigenvalue weighted by Crippen LogP contribution is 2.21. The van der Waals surface area contributed by atoms with Gasteiger partial charge < -0.3 is 9.88 Å². The largest absolute Gasteiger partial charge is 0.326 e. The highest BCUT2D eigenvalue weighted by molar-refractivity contribution is 7.00. The average molecular weight is 301 g/mol. The molecule has 0 bridgehead atoms. The molecule has 0 aliphatic carbocycles. The van der Waals surface area contributed by atoms with E-state index in [1.807, 2.05) is 29.0 Å². The third-order valence-electron chi connectivity index (χ3n) is 3.15. The molecule has 0 aliphatic heterocycles. The summed E-state index contributed by atoms with van der Waals surface area (Å²) < 4.78 is 10.3. The van der Waals surface area contributed by atoms with Gasteiger partial charge in [-0.05, 0) is 18.6 Å². The Balaban J connectivity index is 1.74. The maximum Gasteiger partial charge on any atom is 0.244 e. The fourth-order valence-electron chi connectivity index (χ4n) is 2.19. The van der Waals surface area contributed by atoms with Crippen molar-refractivity contribution in [2.24, 2.45) is 0 Å². The number of carbonyl (C=O) groups excluding carboxylic acids is 1. The van der Waals surface area contributed by atoms with Crippen molar-refractivity contribution >= 4 is 34.4 Å². The second kappa shape index (κ2) is 6.01. The highest BCUT2D eigenvalue weighted by Gasteiger charge is 2.10. The van der Waals surface area contributed by atoms with Crippen molar-refractivity contribution in [2.45, 2.75) is 26.3 Å². The van der Waals surface area contributed by atoms with Crippen LogP contribution in [0.4, 0.5) is 5.69 Å². The van der Waals surface area contributed by atoms with Crippen molar-refractivity contribution in [2.75, 3.05) is 5.32 Å². The normalized spacial score (nSPS) is 10.9. The van der Waals surface area contributed by atoms with Crippen molar-refractivity contribution in [1.82, 2.24) is 18.3 Å². The Labute approximate surface area is 126 Å². The number of amides is 1. The number of aromatic nitrogens is 4. The van der Waals surface area contributed by atoms with E-state index in [1.165, 1.54) is 0 Å². The van der Waals surface area contributed by atoms with Crippen LogP contribution >= 0.6 is 11.7 Å².